The third-order valence-electron chi connectivity index (χ3n) is 3.21. The Balaban J connectivity index is 3.80. The minimum absolute atomic E-state index is 0.0790. The number of amides is 2. The van der Waals surface area contributed by atoms with E-state index >= 15 is 0 Å². The van der Waals surface area contributed by atoms with Gasteiger partial charge < -0.3 is 0 Å². The van der Waals surface area contributed by atoms with E-state index in [2.05, 4.69) is 31.7 Å². The van der Waals surface area contributed by atoms with E-state index in [-0.39, 0.29) is 17.1 Å². The Kier molecular flexibility index (Phi) is 18.0. The van der Waals surface area contributed by atoms with Crippen molar-refractivity contribution < 1.29 is 19.3 Å². The van der Waals surface area contributed by atoms with Crippen molar-refractivity contribution in [2.75, 3.05) is 19.0 Å². The Morgan fingerprint density at radius 3 is 2.08 bits per heavy atom. The summed E-state index contributed by atoms with van der Waals surface area (Å²) in [6, 6.07) is 0. The summed E-state index contributed by atoms with van der Waals surface area (Å²) in [6.07, 6.45) is 6.79. The molecule has 0 aliphatic rings. The van der Waals surface area contributed by atoms with Crippen molar-refractivity contribution in [3.05, 3.63) is 0 Å². The molecule has 0 bridgehead atoms. The average Bonchev–Trinajstić information content (AvgIpc) is 2.59. The normalized spacial score (nSPS) is 12.0. The summed E-state index contributed by atoms with van der Waals surface area (Å²) in [6.45, 7) is 7.36. The van der Waals surface area contributed by atoms with Crippen LogP contribution in [0.25, 0.3) is 0 Å². The van der Waals surface area contributed by atoms with Gasteiger partial charge in [0.2, 0.25) is 11.8 Å². The second-order valence-electron chi connectivity index (χ2n) is 5.74. The van der Waals surface area contributed by atoms with Crippen molar-refractivity contribution in [3.8, 4) is 0 Å². The average molecular weight is 395 g/mol. The molecule has 8 heteroatoms. The Labute approximate surface area is 160 Å². The van der Waals surface area contributed by atoms with Crippen LogP contribution < -0.4 is 11.0 Å². The summed E-state index contributed by atoms with van der Waals surface area (Å²) in [5.74, 6) is 0.519. The second-order valence-corrected chi connectivity index (χ2v) is 8.53. The maximum Gasteiger partial charge on any atom is 0.244 e. The van der Waals surface area contributed by atoms with Crippen molar-refractivity contribution in [3.63, 3.8) is 0 Å². The van der Waals surface area contributed by atoms with E-state index in [1.807, 2.05) is 0 Å². The van der Waals surface area contributed by atoms with Crippen LogP contribution in [0.3, 0.4) is 0 Å². The van der Waals surface area contributed by atoms with Crippen LogP contribution in [0.1, 0.15) is 72.1 Å². The van der Waals surface area contributed by atoms with Gasteiger partial charge in [-0.2, -0.15) is 0 Å². The zero-order valence-corrected chi connectivity index (χ0v) is 17.4. The van der Waals surface area contributed by atoms with Gasteiger partial charge in [0.25, 0.3) is 0 Å². The van der Waals surface area contributed by atoms with Crippen molar-refractivity contribution in [2.24, 2.45) is 0 Å². The summed E-state index contributed by atoms with van der Waals surface area (Å²) < 4.78 is 0. The number of hydrogen-bond acceptors (Lipinski definition) is 6. The first-order chi connectivity index (χ1) is 12.1. The first-order valence-corrected chi connectivity index (χ1v) is 11.6. The van der Waals surface area contributed by atoms with Crippen LogP contribution >= 0.6 is 21.6 Å². The fourth-order valence-corrected chi connectivity index (χ4v) is 4.50. The molecule has 0 fully saturated rings. The zero-order valence-electron chi connectivity index (χ0n) is 15.8. The molecule has 25 heavy (non-hydrogen) atoms. The lowest BCUT2D eigenvalue weighted by atomic mass is 10.2. The number of carbonyl (C=O) groups is 2. The molecule has 1 unspecified atom stereocenters. The molecule has 2 amide bonds. The van der Waals surface area contributed by atoms with Gasteiger partial charge in [-0.25, -0.2) is 11.0 Å². The molecular formula is C17H34N2O4S2. The molecule has 0 saturated heterocycles. The molecule has 0 radical (unpaired) electrons. The molecule has 0 aliphatic carbocycles. The van der Waals surface area contributed by atoms with E-state index in [0.717, 1.165) is 38.5 Å². The molecule has 0 aromatic heterocycles. The van der Waals surface area contributed by atoms with Crippen LogP contribution in [0, 0.1) is 0 Å². The fraction of sp³-hybridized carbons (Fsp3) is 0.882. The second kappa shape index (κ2) is 18.4. The summed E-state index contributed by atoms with van der Waals surface area (Å²) >= 11 is 0. The van der Waals surface area contributed by atoms with Crippen molar-refractivity contribution in [1.29, 1.82) is 0 Å². The Morgan fingerprint density at radius 2 is 1.52 bits per heavy atom. The van der Waals surface area contributed by atoms with E-state index in [1.54, 1.807) is 21.6 Å². The lowest BCUT2D eigenvalue weighted by Crippen LogP contribution is -2.27. The number of hydroxylamine groups is 2. The standard InChI is InChI=1S/C17H34N2O4S2/c1-4-7-11-22-18-16(20)10-13-24-25-15(9-6-3)14-17(21)19-23-12-8-5-2/h15H,4-14H2,1-3H3,(H,18,20)(H,19,21). The molecule has 0 aromatic carbocycles. The lowest BCUT2D eigenvalue weighted by molar-refractivity contribution is -0.134. The molecule has 0 aromatic rings. The highest BCUT2D eigenvalue weighted by atomic mass is 33.1. The number of rotatable bonds is 17. The molecule has 0 heterocycles. The van der Waals surface area contributed by atoms with Gasteiger partial charge in [0.05, 0.1) is 13.2 Å². The van der Waals surface area contributed by atoms with Crippen LogP contribution in [0.5, 0.6) is 0 Å². The SMILES string of the molecule is CCCCONC(=O)CCSSC(CCC)CC(=O)NOCCCC. The Bertz CT molecular complexity index is 347. The van der Waals surface area contributed by atoms with Gasteiger partial charge in [-0.15, -0.1) is 0 Å². The maximum absolute atomic E-state index is 11.9. The molecule has 0 saturated carbocycles. The molecular weight excluding hydrogens is 360 g/mol. The minimum Gasteiger partial charge on any atom is -0.274 e. The molecule has 6 nitrogen and oxygen atoms in total. The van der Waals surface area contributed by atoms with E-state index in [9.17, 15) is 9.59 Å². The van der Waals surface area contributed by atoms with Crippen molar-refractivity contribution in [2.45, 2.75) is 77.4 Å². The van der Waals surface area contributed by atoms with Gasteiger partial charge >= 0.3 is 0 Å². The predicted molar refractivity (Wildman–Crippen MR) is 106 cm³/mol. The van der Waals surface area contributed by atoms with Crippen LogP contribution in [0.4, 0.5) is 0 Å². The smallest absolute Gasteiger partial charge is 0.244 e. The summed E-state index contributed by atoms with van der Waals surface area (Å²) in [4.78, 5) is 33.7. The highest BCUT2D eigenvalue weighted by molar-refractivity contribution is 8.76. The largest absolute Gasteiger partial charge is 0.274 e. The van der Waals surface area contributed by atoms with E-state index < -0.39 is 0 Å². The fourth-order valence-electron chi connectivity index (χ4n) is 1.78. The van der Waals surface area contributed by atoms with E-state index in [1.165, 1.54) is 0 Å². The van der Waals surface area contributed by atoms with Gasteiger partial charge in [-0.05, 0) is 19.3 Å². The van der Waals surface area contributed by atoms with E-state index in [4.69, 9.17) is 9.68 Å². The monoisotopic (exact) mass is 394 g/mol. The zero-order chi connectivity index (χ0) is 18.8. The van der Waals surface area contributed by atoms with Crippen molar-refractivity contribution in [1.82, 2.24) is 11.0 Å². The number of nitrogens with one attached hydrogen (secondary N) is 2. The van der Waals surface area contributed by atoms with Gasteiger partial charge in [0.15, 0.2) is 0 Å². The van der Waals surface area contributed by atoms with Crippen LogP contribution in [0.2, 0.25) is 0 Å². The van der Waals surface area contributed by atoms with Crippen molar-refractivity contribution >= 4 is 33.4 Å². The number of carbonyl (C=O) groups excluding carboxylic acids is 2. The predicted octanol–water partition coefficient (Wildman–Crippen LogP) is 4.01. The third-order valence-corrected chi connectivity index (χ3v) is 6.12. The summed E-state index contributed by atoms with van der Waals surface area (Å²) in [7, 11) is 3.30. The van der Waals surface area contributed by atoms with Crippen LogP contribution in [-0.4, -0.2) is 36.0 Å². The topological polar surface area (TPSA) is 76.7 Å². The van der Waals surface area contributed by atoms with Crippen LogP contribution in [-0.2, 0) is 19.3 Å². The molecule has 0 rings (SSSR count). The highest BCUT2D eigenvalue weighted by Gasteiger charge is 2.14. The molecule has 0 spiro atoms. The van der Waals surface area contributed by atoms with E-state index in [0.29, 0.717) is 31.8 Å². The van der Waals surface area contributed by atoms with Gasteiger partial charge in [-0.1, -0.05) is 61.6 Å². The third kappa shape index (κ3) is 16.8. The molecule has 0 aliphatic heterocycles. The summed E-state index contributed by atoms with van der Waals surface area (Å²) in [5.41, 5.74) is 4.96. The van der Waals surface area contributed by atoms with Crippen LogP contribution in [0.15, 0.2) is 0 Å². The quantitative estimate of drug-likeness (QED) is 0.220. The first-order valence-electron chi connectivity index (χ1n) is 9.23. The van der Waals surface area contributed by atoms with Gasteiger partial charge in [-0.3, -0.25) is 19.3 Å². The maximum atomic E-state index is 11.9. The minimum atomic E-state index is -0.0988. The molecule has 148 valence electrons. The molecule has 2 N–H and O–H groups in total. The number of unbranched alkanes of at least 4 members (excludes halogenated alkanes) is 2. The molecule has 1 atom stereocenters. The highest BCUT2D eigenvalue weighted by Crippen LogP contribution is 2.32. The Morgan fingerprint density at radius 1 is 0.920 bits per heavy atom. The Hall–Kier alpha value is -0.440. The van der Waals surface area contributed by atoms with Gasteiger partial charge in [0.1, 0.15) is 0 Å². The lowest BCUT2D eigenvalue weighted by Gasteiger charge is -2.14. The summed E-state index contributed by atoms with van der Waals surface area (Å²) in [5, 5.41) is 0.230. The van der Waals surface area contributed by atoms with Gasteiger partial charge in [0, 0.05) is 23.8 Å². The first kappa shape index (κ1) is 24.6. The number of hydrogen-bond donors (Lipinski definition) is 2.